The zero-order chi connectivity index (χ0) is 14.7. The van der Waals surface area contributed by atoms with Crippen molar-refractivity contribution < 1.29 is 4.79 Å². The lowest BCUT2D eigenvalue weighted by Gasteiger charge is -1.95. The molecule has 0 fully saturated rings. The first kappa shape index (κ1) is 13.6. The molecule has 2 heterocycles. The van der Waals surface area contributed by atoms with E-state index >= 15 is 0 Å². The van der Waals surface area contributed by atoms with Gasteiger partial charge in [-0.2, -0.15) is 4.98 Å². The van der Waals surface area contributed by atoms with Gasteiger partial charge in [-0.15, -0.1) is 0 Å². The van der Waals surface area contributed by atoms with Gasteiger partial charge in [-0.05, 0) is 0 Å². The number of carbonyl (C=O) groups is 1. The van der Waals surface area contributed by atoms with Crippen LogP contribution < -0.4 is 22.3 Å². The van der Waals surface area contributed by atoms with Crippen molar-refractivity contribution in [3.8, 4) is 11.8 Å². The quantitative estimate of drug-likeness (QED) is 0.483. The SMILES string of the molecule is Cn1cc(C#CCNC(=O)CN)c2c(=O)[nH]c(N)nc21. The number of carbonyl (C=O) groups excluding carboxylic acids is 1. The number of H-pyrrole nitrogens is 1. The van der Waals surface area contributed by atoms with Crippen molar-refractivity contribution in [2.75, 3.05) is 18.8 Å². The van der Waals surface area contributed by atoms with Crippen LogP contribution in [0.5, 0.6) is 0 Å². The Bertz CT molecular complexity index is 777. The van der Waals surface area contributed by atoms with E-state index in [-0.39, 0.29) is 30.5 Å². The molecule has 0 spiro atoms. The first-order valence-corrected chi connectivity index (χ1v) is 5.83. The Morgan fingerprint density at radius 2 is 2.35 bits per heavy atom. The smallest absolute Gasteiger partial charge is 0.263 e. The number of nitrogens with zero attached hydrogens (tertiary/aromatic N) is 2. The Balaban J connectivity index is 2.35. The fraction of sp³-hybridized carbons (Fsp3) is 0.250. The van der Waals surface area contributed by atoms with E-state index in [2.05, 4.69) is 27.1 Å². The van der Waals surface area contributed by atoms with Crippen molar-refractivity contribution >= 4 is 22.9 Å². The summed E-state index contributed by atoms with van der Waals surface area (Å²) >= 11 is 0. The predicted molar refractivity (Wildman–Crippen MR) is 74.7 cm³/mol. The molecule has 2 rings (SSSR count). The zero-order valence-corrected chi connectivity index (χ0v) is 10.9. The number of fused-ring (bicyclic) bond motifs is 1. The standard InChI is InChI=1S/C12H14N6O2/c1-18-6-7(3-2-4-15-8(19)5-13)9-10(18)16-12(14)17-11(9)20/h6H,4-5,13H2,1H3,(H,15,19)(H3,14,16,17,20). The van der Waals surface area contributed by atoms with Crippen LogP contribution in [-0.2, 0) is 11.8 Å². The molecular formula is C12H14N6O2. The molecule has 1 amide bonds. The van der Waals surface area contributed by atoms with Gasteiger partial charge in [0, 0.05) is 13.2 Å². The molecule has 2 aromatic heterocycles. The van der Waals surface area contributed by atoms with Crippen LogP contribution in [0, 0.1) is 11.8 Å². The van der Waals surface area contributed by atoms with Crippen LogP contribution in [0.3, 0.4) is 0 Å². The highest BCUT2D eigenvalue weighted by Gasteiger charge is 2.10. The Labute approximate surface area is 114 Å². The molecule has 8 heteroatoms. The number of aromatic amines is 1. The van der Waals surface area contributed by atoms with E-state index in [0.29, 0.717) is 16.6 Å². The molecule has 20 heavy (non-hydrogen) atoms. The molecule has 0 saturated carbocycles. The largest absolute Gasteiger partial charge is 0.369 e. The van der Waals surface area contributed by atoms with Crippen LogP contribution in [0.15, 0.2) is 11.0 Å². The highest BCUT2D eigenvalue weighted by Crippen LogP contribution is 2.13. The van der Waals surface area contributed by atoms with Crippen molar-refractivity contribution in [1.29, 1.82) is 0 Å². The lowest BCUT2D eigenvalue weighted by atomic mass is 10.2. The molecule has 8 nitrogen and oxygen atoms in total. The maximum atomic E-state index is 11.9. The average Bonchev–Trinajstić information content (AvgIpc) is 2.71. The molecule has 2 aromatic rings. The first-order valence-electron chi connectivity index (χ1n) is 5.83. The Morgan fingerprint density at radius 3 is 3.05 bits per heavy atom. The van der Waals surface area contributed by atoms with Gasteiger partial charge in [0.2, 0.25) is 11.9 Å². The minimum absolute atomic E-state index is 0.0541. The number of nitrogens with two attached hydrogens (primary N) is 2. The Kier molecular flexibility index (Phi) is 3.72. The van der Waals surface area contributed by atoms with Crippen LogP contribution in [-0.4, -0.2) is 33.5 Å². The third-order valence-electron chi connectivity index (χ3n) is 2.63. The predicted octanol–water partition coefficient (Wildman–Crippen LogP) is -1.73. The minimum atomic E-state index is -0.344. The lowest BCUT2D eigenvalue weighted by Crippen LogP contribution is -2.30. The van der Waals surface area contributed by atoms with Gasteiger partial charge in [0.25, 0.3) is 5.56 Å². The van der Waals surface area contributed by atoms with Gasteiger partial charge in [-0.3, -0.25) is 14.6 Å². The molecule has 0 aliphatic carbocycles. The van der Waals surface area contributed by atoms with E-state index in [0.717, 1.165) is 0 Å². The summed E-state index contributed by atoms with van der Waals surface area (Å²) < 4.78 is 1.67. The van der Waals surface area contributed by atoms with E-state index < -0.39 is 0 Å². The van der Waals surface area contributed by atoms with Crippen molar-refractivity contribution in [3.05, 3.63) is 22.1 Å². The molecule has 0 aromatic carbocycles. The van der Waals surface area contributed by atoms with Crippen LogP contribution in [0.1, 0.15) is 5.56 Å². The van der Waals surface area contributed by atoms with Crippen LogP contribution in [0.2, 0.25) is 0 Å². The van der Waals surface area contributed by atoms with E-state index in [1.54, 1.807) is 17.8 Å². The van der Waals surface area contributed by atoms with Gasteiger partial charge in [0.15, 0.2) is 5.65 Å². The summed E-state index contributed by atoms with van der Waals surface area (Å²) in [5, 5.41) is 2.89. The zero-order valence-electron chi connectivity index (χ0n) is 10.9. The van der Waals surface area contributed by atoms with E-state index in [1.165, 1.54) is 0 Å². The van der Waals surface area contributed by atoms with Gasteiger partial charge in [0.1, 0.15) is 0 Å². The molecule has 0 unspecified atom stereocenters. The summed E-state index contributed by atoms with van der Waals surface area (Å²) in [4.78, 5) is 29.3. The first-order chi connectivity index (χ1) is 9.52. The number of anilines is 1. The minimum Gasteiger partial charge on any atom is -0.369 e. The molecular weight excluding hydrogens is 260 g/mol. The molecule has 0 saturated heterocycles. The third-order valence-corrected chi connectivity index (χ3v) is 2.63. The third kappa shape index (κ3) is 2.62. The van der Waals surface area contributed by atoms with Gasteiger partial charge >= 0.3 is 0 Å². The monoisotopic (exact) mass is 274 g/mol. The maximum Gasteiger partial charge on any atom is 0.263 e. The highest BCUT2D eigenvalue weighted by molar-refractivity contribution is 5.83. The summed E-state index contributed by atoms with van der Waals surface area (Å²) in [6, 6.07) is 0. The maximum absolute atomic E-state index is 11.9. The fourth-order valence-corrected chi connectivity index (χ4v) is 1.74. The lowest BCUT2D eigenvalue weighted by molar-refractivity contribution is -0.119. The number of hydrogen-bond acceptors (Lipinski definition) is 5. The summed E-state index contributed by atoms with van der Waals surface area (Å²) in [7, 11) is 1.75. The van der Waals surface area contributed by atoms with Crippen LogP contribution in [0.25, 0.3) is 11.0 Å². The fourth-order valence-electron chi connectivity index (χ4n) is 1.74. The van der Waals surface area contributed by atoms with E-state index in [1.807, 2.05) is 0 Å². The second-order valence-corrected chi connectivity index (χ2v) is 4.09. The van der Waals surface area contributed by atoms with Crippen LogP contribution >= 0.6 is 0 Å². The molecule has 6 N–H and O–H groups in total. The van der Waals surface area contributed by atoms with Crippen molar-refractivity contribution in [3.63, 3.8) is 0 Å². The van der Waals surface area contributed by atoms with E-state index in [9.17, 15) is 9.59 Å². The number of amides is 1. The van der Waals surface area contributed by atoms with Gasteiger partial charge in [-0.25, -0.2) is 0 Å². The van der Waals surface area contributed by atoms with E-state index in [4.69, 9.17) is 11.5 Å². The summed E-state index contributed by atoms with van der Waals surface area (Å²) in [6.07, 6.45) is 1.68. The molecule has 104 valence electrons. The normalized spacial score (nSPS) is 10.1. The van der Waals surface area contributed by atoms with Crippen molar-refractivity contribution in [1.82, 2.24) is 19.9 Å². The number of rotatable bonds is 2. The molecule has 0 atom stereocenters. The van der Waals surface area contributed by atoms with Gasteiger partial charge in [0.05, 0.1) is 24.0 Å². The van der Waals surface area contributed by atoms with Gasteiger partial charge < -0.3 is 21.4 Å². The summed E-state index contributed by atoms with van der Waals surface area (Å²) in [6.45, 7) is 0.0749. The summed E-state index contributed by atoms with van der Waals surface area (Å²) in [5.41, 5.74) is 11.3. The molecule has 0 bridgehead atoms. The molecule has 0 aliphatic heterocycles. The highest BCUT2D eigenvalue weighted by atomic mass is 16.1. The molecule has 0 aliphatic rings. The van der Waals surface area contributed by atoms with Crippen molar-refractivity contribution in [2.45, 2.75) is 0 Å². The summed E-state index contributed by atoms with van der Waals surface area (Å²) in [5.74, 6) is 5.34. The van der Waals surface area contributed by atoms with Crippen LogP contribution in [0.4, 0.5) is 5.95 Å². The Morgan fingerprint density at radius 1 is 1.60 bits per heavy atom. The van der Waals surface area contributed by atoms with Gasteiger partial charge in [-0.1, -0.05) is 11.8 Å². The molecule has 0 radical (unpaired) electrons. The number of nitrogen functional groups attached to an aromatic ring is 1. The van der Waals surface area contributed by atoms with Crippen molar-refractivity contribution in [2.24, 2.45) is 12.8 Å². The average molecular weight is 274 g/mol. The number of nitrogens with one attached hydrogen (secondary N) is 2. The second kappa shape index (κ2) is 5.46. The Hall–Kier alpha value is -2.79. The number of aryl methyl sites for hydroxylation is 1. The number of hydrogen-bond donors (Lipinski definition) is 4. The number of aromatic nitrogens is 3. The second-order valence-electron chi connectivity index (χ2n) is 4.09. The topological polar surface area (TPSA) is 132 Å².